The maximum atomic E-state index is 11.5. The van der Waals surface area contributed by atoms with Gasteiger partial charge in [-0.3, -0.25) is 9.48 Å². The average molecular weight is 324 g/mol. The molecular weight excluding hydrogens is 308 g/mol. The standard InChI is InChI=1S/C17H16N4OS/c1-18-17(22)15-10-19-16(23-15)8-7-14-9-20-21(12-14)11-13-5-3-2-4-6-13/h2-10,12H,11H2,1H3,(H,18,22)/b8-7-. The maximum Gasteiger partial charge on any atom is 0.262 e. The SMILES string of the molecule is CNC(=O)c1cnc(/C=C\c2cnn(Cc3ccccc3)c2)s1. The Hall–Kier alpha value is -2.73. The molecule has 0 fully saturated rings. The Bertz CT molecular complexity index is 820. The summed E-state index contributed by atoms with van der Waals surface area (Å²) in [5.74, 6) is -0.113. The topological polar surface area (TPSA) is 59.8 Å². The van der Waals surface area contributed by atoms with Gasteiger partial charge >= 0.3 is 0 Å². The van der Waals surface area contributed by atoms with Crippen molar-refractivity contribution < 1.29 is 4.79 Å². The Balaban J connectivity index is 1.66. The third-order valence-electron chi connectivity index (χ3n) is 3.23. The van der Waals surface area contributed by atoms with Gasteiger partial charge in [-0.1, -0.05) is 30.3 Å². The van der Waals surface area contributed by atoms with Gasteiger partial charge in [0.25, 0.3) is 5.91 Å². The van der Waals surface area contributed by atoms with E-state index in [1.165, 1.54) is 16.9 Å². The van der Waals surface area contributed by atoms with Gasteiger partial charge in [0.05, 0.1) is 18.9 Å². The molecular formula is C17H16N4OS. The Morgan fingerprint density at radius 3 is 2.87 bits per heavy atom. The van der Waals surface area contributed by atoms with Crippen molar-refractivity contribution in [3.05, 3.63) is 69.9 Å². The summed E-state index contributed by atoms with van der Waals surface area (Å²) < 4.78 is 1.90. The fraction of sp³-hybridized carbons (Fsp3) is 0.118. The summed E-state index contributed by atoms with van der Waals surface area (Å²) in [4.78, 5) is 16.3. The zero-order valence-electron chi connectivity index (χ0n) is 12.6. The molecule has 0 aliphatic heterocycles. The number of nitrogens with zero attached hydrogens (tertiary/aromatic N) is 3. The summed E-state index contributed by atoms with van der Waals surface area (Å²) in [5.41, 5.74) is 2.21. The highest BCUT2D eigenvalue weighted by Gasteiger charge is 2.06. The van der Waals surface area contributed by atoms with E-state index in [-0.39, 0.29) is 5.91 Å². The lowest BCUT2D eigenvalue weighted by molar-refractivity contribution is 0.0967. The van der Waals surface area contributed by atoms with Crippen molar-refractivity contribution in [2.75, 3.05) is 7.05 Å². The Labute approximate surface area is 138 Å². The van der Waals surface area contributed by atoms with Crippen molar-refractivity contribution in [2.45, 2.75) is 6.54 Å². The summed E-state index contributed by atoms with van der Waals surface area (Å²) in [6, 6.07) is 10.2. The second-order valence-corrected chi connectivity index (χ2v) is 5.99. The molecule has 0 bridgehead atoms. The monoisotopic (exact) mass is 324 g/mol. The van der Waals surface area contributed by atoms with E-state index in [1.54, 1.807) is 13.2 Å². The first-order valence-corrected chi connectivity index (χ1v) is 7.98. The minimum Gasteiger partial charge on any atom is -0.354 e. The number of carbonyl (C=O) groups is 1. The lowest BCUT2D eigenvalue weighted by Gasteiger charge is -2.00. The Morgan fingerprint density at radius 1 is 1.26 bits per heavy atom. The van der Waals surface area contributed by atoms with E-state index >= 15 is 0 Å². The van der Waals surface area contributed by atoms with Crippen LogP contribution in [0.15, 0.2) is 48.9 Å². The number of carbonyl (C=O) groups excluding carboxylic acids is 1. The van der Waals surface area contributed by atoms with Crippen LogP contribution in [-0.2, 0) is 6.54 Å². The average Bonchev–Trinajstić information content (AvgIpc) is 3.22. The van der Waals surface area contributed by atoms with Crippen LogP contribution in [0.5, 0.6) is 0 Å². The van der Waals surface area contributed by atoms with Gasteiger partial charge in [0.1, 0.15) is 9.88 Å². The highest BCUT2D eigenvalue weighted by Crippen LogP contribution is 2.16. The summed E-state index contributed by atoms with van der Waals surface area (Å²) in [6.07, 6.45) is 9.22. The van der Waals surface area contributed by atoms with Crippen molar-refractivity contribution in [3.63, 3.8) is 0 Å². The molecule has 0 aliphatic carbocycles. The van der Waals surface area contributed by atoms with Crippen LogP contribution in [0.3, 0.4) is 0 Å². The van der Waals surface area contributed by atoms with Gasteiger partial charge < -0.3 is 5.32 Å². The molecule has 0 atom stereocenters. The molecule has 6 heteroatoms. The molecule has 1 N–H and O–H groups in total. The molecule has 3 rings (SSSR count). The molecule has 2 aromatic heterocycles. The molecule has 0 saturated carbocycles. The van der Waals surface area contributed by atoms with Gasteiger partial charge in [-0.05, 0) is 17.7 Å². The predicted molar refractivity (Wildman–Crippen MR) is 92.2 cm³/mol. The fourth-order valence-corrected chi connectivity index (χ4v) is 2.85. The van der Waals surface area contributed by atoms with Crippen molar-refractivity contribution in [2.24, 2.45) is 0 Å². The van der Waals surface area contributed by atoms with Crippen LogP contribution in [0, 0.1) is 0 Å². The quantitative estimate of drug-likeness (QED) is 0.785. The summed E-state index contributed by atoms with van der Waals surface area (Å²) >= 11 is 1.36. The summed E-state index contributed by atoms with van der Waals surface area (Å²) in [5, 5.41) is 7.73. The van der Waals surface area contributed by atoms with Crippen molar-refractivity contribution >= 4 is 29.4 Å². The predicted octanol–water partition coefficient (Wildman–Crippen LogP) is 2.92. The van der Waals surface area contributed by atoms with Gasteiger partial charge in [0.2, 0.25) is 0 Å². The number of nitrogens with one attached hydrogen (secondary N) is 1. The molecule has 2 heterocycles. The van der Waals surface area contributed by atoms with Crippen molar-refractivity contribution in [1.29, 1.82) is 0 Å². The first-order chi connectivity index (χ1) is 11.2. The van der Waals surface area contributed by atoms with E-state index in [9.17, 15) is 4.79 Å². The van der Waals surface area contributed by atoms with Gasteiger partial charge in [0.15, 0.2) is 0 Å². The molecule has 0 unspecified atom stereocenters. The third kappa shape index (κ3) is 3.92. The molecule has 1 amide bonds. The minimum absolute atomic E-state index is 0.113. The van der Waals surface area contributed by atoms with Crippen LogP contribution in [0.1, 0.15) is 25.8 Å². The molecule has 23 heavy (non-hydrogen) atoms. The van der Waals surface area contributed by atoms with Crippen LogP contribution in [0.2, 0.25) is 0 Å². The number of aromatic nitrogens is 3. The number of hydrogen-bond donors (Lipinski definition) is 1. The van der Waals surface area contributed by atoms with Crippen LogP contribution in [0.4, 0.5) is 0 Å². The Morgan fingerprint density at radius 2 is 2.09 bits per heavy atom. The van der Waals surface area contributed by atoms with E-state index < -0.39 is 0 Å². The van der Waals surface area contributed by atoms with Crippen molar-refractivity contribution in [3.8, 4) is 0 Å². The zero-order chi connectivity index (χ0) is 16.1. The summed E-state index contributed by atoms with van der Waals surface area (Å²) in [6.45, 7) is 0.743. The molecule has 0 radical (unpaired) electrons. The number of thiazole rings is 1. The molecule has 0 saturated heterocycles. The zero-order valence-corrected chi connectivity index (χ0v) is 13.5. The second-order valence-electron chi connectivity index (χ2n) is 4.93. The van der Waals surface area contributed by atoms with E-state index in [0.717, 1.165) is 17.1 Å². The fourth-order valence-electron chi connectivity index (χ4n) is 2.08. The smallest absolute Gasteiger partial charge is 0.262 e. The van der Waals surface area contributed by atoms with E-state index in [0.29, 0.717) is 4.88 Å². The maximum absolute atomic E-state index is 11.5. The van der Waals surface area contributed by atoms with E-state index in [2.05, 4.69) is 27.5 Å². The van der Waals surface area contributed by atoms with Crippen LogP contribution < -0.4 is 5.32 Å². The lowest BCUT2D eigenvalue weighted by atomic mass is 10.2. The van der Waals surface area contributed by atoms with Crippen LogP contribution in [0.25, 0.3) is 12.2 Å². The van der Waals surface area contributed by atoms with Crippen LogP contribution in [-0.4, -0.2) is 27.7 Å². The largest absolute Gasteiger partial charge is 0.354 e. The highest BCUT2D eigenvalue weighted by atomic mass is 32.1. The number of amides is 1. The summed E-state index contributed by atoms with van der Waals surface area (Å²) in [7, 11) is 1.61. The van der Waals surface area contributed by atoms with E-state index in [1.807, 2.05) is 47.4 Å². The Kier molecular flexibility index (Phi) is 4.63. The third-order valence-corrected chi connectivity index (χ3v) is 4.19. The van der Waals surface area contributed by atoms with Gasteiger partial charge in [-0.2, -0.15) is 5.10 Å². The number of benzene rings is 1. The second kappa shape index (κ2) is 7.02. The van der Waals surface area contributed by atoms with Crippen LogP contribution >= 0.6 is 11.3 Å². The molecule has 5 nitrogen and oxygen atoms in total. The number of rotatable bonds is 5. The minimum atomic E-state index is -0.113. The first kappa shape index (κ1) is 15.2. The number of hydrogen-bond acceptors (Lipinski definition) is 4. The normalized spacial score (nSPS) is 11.0. The van der Waals surface area contributed by atoms with Gasteiger partial charge in [0, 0.05) is 18.8 Å². The molecule has 3 aromatic rings. The lowest BCUT2D eigenvalue weighted by Crippen LogP contribution is -2.16. The van der Waals surface area contributed by atoms with E-state index in [4.69, 9.17) is 0 Å². The van der Waals surface area contributed by atoms with Gasteiger partial charge in [-0.25, -0.2) is 4.98 Å². The molecule has 116 valence electrons. The highest BCUT2D eigenvalue weighted by molar-refractivity contribution is 7.14. The molecule has 0 spiro atoms. The van der Waals surface area contributed by atoms with Gasteiger partial charge in [-0.15, -0.1) is 11.3 Å². The van der Waals surface area contributed by atoms with Crippen molar-refractivity contribution in [1.82, 2.24) is 20.1 Å². The molecule has 0 aliphatic rings. The first-order valence-electron chi connectivity index (χ1n) is 7.17. The molecule has 1 aromatic carbocycles.